The first-order valence-electron chi connectivity index (χ1n) is 8.63. The van der Waals surface area contributed by atoms with Crippen LogP contribution in [0.25, 0.3) is 0 Å². The van der Waals surface area contributed by atoms with Gasteiger partial charge in [-0.15, -0.1) is 24.0 Å². The quantitative estimate of drug-likeness (QED) is 0.378. The molecule has 0 aliphatic rings. The summed E-state index contributed by atoms with van der Waals surface area (Å²) in [6.07, 6.45) is 3.70. The van der Waals surface area contributed by atoms with Crippen LogP contribution >= 0.6 is 24.0 Å². The molecule has 0 fully saturated rings. The average Bonchev–Trinajstić information content (AvgIpc) is 3.12. The molecule has 0 saturated carbocycles. The van der Waals surface area contributed by atoms with Crippen LogP contribution in [0.3, 0.4) is 0 Å². The van der Waals surface area contributed by atoms with Crippen molar-refractivity contribution in [1.82, 2.24) is 30.2 Å². The van der Waals surface area contributed by atoms with Gasteiger partial charge in [-0.1, -0.05) is 13.8 Å². The number of aromatic nitrogens is 4. The molecule has 2 aromatic rings. The van der Waals surface area contributed by atoms with Crippen LogP contribution in [0.15, 0.2) is 17.3 Å². The number of nitrogens with one attached hydrogen (secondary N) is 2. The Morgan fingerprint density at radius 2 is 1.88 bits per heavy atom. The van der Waals surface area contributed by atoms with E-state index in [-0.39, 0.29) is 24.0 Å². The van der Waals surface area contributed by atoms with Crippen LogP contribution in [0.1, 0.15) is 43.4 Å². The molecule has 0 amide bonds. The monoisotopic (exact) mass is 459 g/mol. The van der Waals surface area contributed by atoms with Gasteiger partial charge in [0.2, 0.25) is 0 Å². The van der Waals surface area contributed by atoms with Gasteiger partial charge in [0.15, 0.2) is 5.96 Å². The lowest BCUT2D eigenvalue weighted by atomic mass is 10.1. The largest absolute Gasteiger partial charge is 0.357 e. The Bertz CT molecular complexity index is 687. The van der Waals surface area contributed by atoms with E-state index < -0.39 is 0 Å². The van der Waals surface area contributed by atoms with E-state index in [0.717, 1.165) is 36.7 Å². The van der Waals surface area contributed by atoms with Gasteiger partial charge >= 0.3 is 0 Å². The number of halogens is 1. The Hall–Kier alpha value is -1.58. The van der Waals surface area contributed by atoms with Gasteiger partial charge < -0.3 is 10.6 Å². The van der Waals surface area contributed by atoms with Crippen LogP contribution in [-0.4, -0.2) is 32.1 Å². The van der Waals surface area contributed by atoms with E-state index in [2.05, 4.69) is 41.6 Å². The van der Waals surface area contributed by atoms with E-state index in [1.165, 1.54) is 11.3 Å². The first-order chi connectivity index (χ1) is 11.6. The van der Waals surface area contributed by atoms with Crippen molar-refractivity contribution >= 4 is 29.9 Å². The summed E-state index contributed by atoms with van der Waals surface area (Å²) in [6.45, 7) is 8.53. The number of aryl methyl sites for hydroxylation is 3. The number of hydrogen-bond donors (Lipinski definition) is 2. The molecule has 0 atom stereocenters. The van der Waals surface area contributed by atoms with Crippen LogP contribution in [0.5, 0.6) is 0 Å². The molecular weight excluding hydrogens is 429 g/mol. The zero-order chi connectivity index (χ0) is 17.5. The van der Waals surface area contributed by atoms with E-state index in [1.54, 1.807) is 6.20 Å². The van der Waals surface area contributed by atoms with E-state index in [4.69, 9.17) is 4.99 Å². The standard InChI is InChI=1S/C17H29N7.HI/c1-6-15-14(16(7-2)24(5)22-15)12-20-17(18-8-3)19-11-13-9-10-21-23(13)4;/h9-10H,6-8,11-12H2,1-5H3,(H2,18,19,20);1H. The lowest BCUT2D eigenvalue weighted by molar-refractivity contribution is 0.684. The van der Waals surface area contributed by atoms with Crippen molar-refractivity contribution in [2.24, 2.45) is 19.1 Å². The summed E-state index contributed by atoms with van der Waals surface area (Å²) in [6, 6.07) is 2.00. The van der Waals surface area contributed by atoms with Crippen molar-refractivity contribution in [3.05, 3.63) is 34.9 Å². The maximum atomic E-state index is 4.75. The Kier molecular flexibility index (Phi) is 8.95. The molecule has 2 heterocycles. The van der Waals surface area contributed by atoms with Gasteiger partial charge in [0.1, 0.15) is 0 Å². The van der Waals surface area contributed by atoms with Gasteiger partial charge in [-0.25, -0.2) is 4.99 Å². The van der Waals surface area contributed by atoms with Gasteiger partial charge in [0.25, 0.3) is 0 Å². The van der Waals surface area contributed by atoms with Crippen molar-refractivity contribution in [3.8, 4) is 0 Å². The topological polar surface area (TPSA) is 72.1 Å². The minimum Gasteiger partial charge on any atom is -0.357 e. The third kappa shape index (κ3) is 5.45. The Morgan fingerprint density at radius 3 is 2.44 bits per heavy atom. The van der Waals surface area contributed by atoms with Crippen LogP contribution in [0.2, 0.25) is 0 Å². The summed E-state index contributed by atoms with van der Waals surface area (Å²) >= 11 is 0. The zero-order valence-corrected chi connectivity index (χ0v) is 18.2. The predicted molar refractivity (Wildman–Crippen MR) is 112 cm³/mol. The number of guanidine groups is 1. The summed E-state index contributed by atoms with van der Waals surface area (Å²) in [5.41, 5.74) is 4.77. The smallest absolute Gasteiger partial charge is 0.191 e. The second-order valence-corrected chi connectivity index (χ2v) is 5.70. The lowest BCUT2D eigenvalue weighted by Gasteiger charge is -2.12. The summed E-state index contributed by atoms with van der Waals surface area (Å²) in [7, 11) is 3.95. The fourth-order valence-corrected chi connectivity index (χ4v) is 2.82. The second kappa shape index (κ2) is 10.4. The highest BCUT2D eigenvalue weighted by molar-refractivity contribution is 14.0. The summed E-state index contributed by atoms with van der Waals surface area (Å²) in [5.74, 6) is 0.812. The van der Waals surface area contributed by atoms with Crippen molar-refractivity contribution < 1.29 is 0 Å². The fourth-order valence-electron chi connectivity index (χ4n) is 2.82. The summed E-state index contributed by atoms with van der Waals surface area (Å²) in [4.78, 5) is 4.75. The normalized spacial score (nSPS) is 11.3. The van der Waals surface area contributed by atoms with E-state index in [0.29, 0.717) is 13.1 Å². The highest BCUT2D eigenvalue weighted by atomic mass is 127. The molecule has 0 bridgehead atoms. The summed E-state index contributed by atoms with van der Waals surface area (Å²) in [5, 5.41) is 15.5. The lowest BCUT2D eigenvalue weighted by Crippen LogP contribution is -2.37. The molecule has 0 radical (unpaired) electrons. The number of aliphatic imine (C=N–C) groups is 1. The van der Waals surface area contributed by atoms with Crippen LogP contribution < -0.4 is 10.6 Å². The van der Waals surface area contributed by atoms with Gasteiger partial charge in [0.05, 0.1) is 24.5 Å². The van der Waals surface area contributed by atoms with Gasteiger partial charge in [-0.05, 0) is 25.8 Å². The van der Waals surface area contributed by atoms with Crippen LogP contribution in [0, 0.1) is 0 Å². The maximum Gasteiger partial charge on any atom is 0.191 e. The molecule has 25 heavy (non-hydrogen) atoms. The number of hydrogen-bond acceptors (Lipinski definition) is 3. The molecule has 0 saturated heterocycles. The van der Waals surface area contributed by atoms with Gasteiger partial charge in [-0.3, -0.25) is 9.36 Å². The molecule has 0 aliphatic heterocycles. The molecular formula is C17H30IN7. The van der Waals surface area contributed by atoms with Crippen molar-refractivity contribution in [3.63, 3.8) is 0 Å². The Morgan fingerprint density at radius 1 is 1.12 bits per heavy atom. The fraction of sp³-hybridized carbons (Fsp3) is 0.588. The second-order valence-electron chi connectivity index (χ2n) is 5.70. The Balaban J connectivity index is 0.00000312. The molecule has 2 rings (SSSR count). The van der Waals surface area contributed by atoms with E-state index in [1.807, 2.05) is 29.5 Å². The van der Waals surface area contributed by atoms with E-state index in [9.17, 15) is 0 Å². The molecule has 0 aromatic carbocycles. The third-order valence-corrected chi connectivity index (χ3v) is 4.13. The van der Waals surface area contributed by atoms with Crippen LogP contribution in [0.4, 0.5) is 0 Å². The minimum atomic E-state index is 0. The Labute approximate surface area is 167 Å². The van der Waals surface area contributed by atoms with Gasteiger partial charge in [0, 0.05) is 38.1 Å². The van der Waals surface area contributed by atoms with Crippen molar-refractivity contribution in [1.29, 1.82) is 0 Å². The molecule has 7 nitrogen and oxygen atoms in total. The SMILES string of the molecule is CCNC(=NCc1c(CC)nn(C)c1CC)NCc1ccnn1C.I. The average molecular weight is 459 g/mol. The number of nitrogens with zero attached hydrogens (tertiary/aromatic N) is 5. The van der Waals surface area contributed by atoms with Crippen molar-refractivity contribution in [2.75, 3.05) is 6.54 Å². The molecule has 2 aromatic heterocycles. The highest BCUT2D eigenvalue weighted by Crippen LogP contribution is 2.16. The van der Waals surface area contributed by atoms with Crippen molar-refractivity contribution in [2.45, 2.75) is 46.7 Å². The van der Waals surface area contributed by atoms with Gasteiger partial charge in [-0.2, -0.15) is 10.2 Å². The van der Waals surface area contributed by atoms with Crippen LogP contribution in [-0.2, 0) is 40.0 Å². The molecule has 0 spiro atoms. The maximum absolute atomic E-state index is 4.75. The summed E-state index contributed by atoms with van der Waals surface area (Å²) < 4.78 is 3.85. The first kappa shape index (κ1) is 21.5. The minimum absolute atomic E-state index is 0. The third-order valence-electron chi connectivity index (χ3n) is 4.13. The molecule has 8 heteroatoms. The first-order valence-corrected chi connectivity index (χ1v) is 8.63. The molecule has 2 N–H and O–H groups in total. The molecule has 140 valence electrons. The molecule has 0 unspecified atom stereocenters. The zero-order valence-electron chi connectivity index (χ0n) is 15.8. The van der Waals surface area contributed by atoms with E-state index >= 15 is 0 Å². The molecule has 0 aliphatic carbocycles. The predicted octanol–water partition coefficient (Wildman–Crippen LogP) is 2.15. The number of rotatable bonds is 7. The highest BCUT2D eigenvalue weighted by Gasteiger charge is 2.13.